The van der Waals surface area contributed by atoms with Crippen molar-refractivity contribution in [2.75, 3.05) is 37.8 Å². The summed E-state index contributed by atoms with van der Waals surface area (Å²) in [6.45, 7) is 4.79. The van der Waals surface area contributed by atoms with Crippen LogP contribution in [0.5, 0.6) is 0 Å². The van der Waals surface area contributed by atoms with Gasteiger partial charge in [-0.25, -0.2) is 21.9 Å². The molecule has 7 nitrogen and oxygen atoms in total. The Hall–Kier alpha value is -1.94. The molecule has 1 saturated heterocycles. The molecule has 1 aliphatic heterocycles. The number of hydrogen-bond acceptors (Lipinski definition) is 4. The van der Waals surface area contributed by atoms with E-state index in [1.165, 1.54) is 18.2 Å². The molecule has 3 N–H and O–H groups in total. The van der Waals surface area contributed by atoms with Crippen LogP contribution in [0.25, 0.3) is 0 Å². The topological polar surface area (TPSA) is 85.8 Å². The molecule has 1 unspecified atom stereocenters. The van der Waals surface area contributed by atoms with E-state index in [1.807, 2.05) is 0 Å². The fourth-order valence-electron chi connectivity index (χ4n) is 3.10. The summed E-state index contributed by atoms with van der Waals surface area (Å²) in [6, 6.07) is 3.80. The molecule has 1 atom stereocenters. The molecule has 27 heavy (non-hydrogen) atoms. The van der Waals surface area contributed by atoms with Gasteiger partial charge in [0.2, 0.25) is 10.0 Å². The van der Waals surface area contributed by atoms with Gasteiger partial charge in [-0.3, -0.25) is 4.99 Å². The molecule has 0 radical (unpaired) electrons. The fourth-order valence-corrected chi connectivity index (χ4v) is 4.18. The average molecular weight is 403 g/mol. The number of nitrogens with one attached hydrogen (secondary N) is 3. The lowest BCUT2D eigenvalue weighted by molar-refractivity contribution is 0.445. The smallest absolute Gasteiger partial charge is 0.209 e. The van der Waals surface area contributed by atoms with Crippen LogP contribution in [0.2, 0.25) is 0 Å². The zero-order valence-electron chi connectivity index (χ0n) is 16.0. The minimum Gasteiger partial charge on any atom is -0.365 e. The summed E-state index contributed by atoms with van der Waals surface area (Å²) in [5.74, 6) is -0.655. The van der Waals surface area contributed by atoms with E-state index in [0.717, 1.165) is 6.26 Å². The zero-order valence-corrected chi connectivity index (χ0v) is 16.8. The number of nitrogens with zero attached hydrogens (tertiary/aromatic N) is 2. The number of rotatable bonds is 6. The largest absolute Gasteiger partial charge is 0.365 e. The highest BCUT2D eigenvalue weighted by atomic mass is 32.2. The normalized spacial score (nSPS) is 18.7. The van der Waals surface area contributed by atoms with E-state index in [2.05, 4.69) is 20.3 Å². The molecule has 0 amide bonds. The number of halogens is 2. The Morgan fingerprint density at radius 2 is 1.96 bits per heavy atom. The van der Waals surface area contributed by atoms with Crippen molar-refractivity contribution < 1.29 is 17.2 Å². The van der Waals surface area contributed by atoms with Crippen molar-refractivity contribution >= 4 is 21.7 Å². The van der Waals surface area contributed by atoms with Gasteiger partial charge in [0, 0.05) is 38.3 Å². The van der Waals surface area contributed by atoms with E-state index >= 15 is 0 Å². The van der Waals surface area contributed by atoms with Gasteiger partial charge >= 0.3 is 0 Å². The Labute approximate surface area is 159 Å². The Kier molecular flexibility index (Phi) is 6.63. The lowest BCUT2D eigenvalue weighted by atomic mass is 10.1. The standard InChI is InChI=1S/C17H27F2N5O2S/c1-17(2,23-27(4,25)26)11-21-16(20-3)22-12-8-9-24(10-12)15-13(18)6-5-7-14(15)19/h5-7,12,23H,8-11H2,1-4H3,(H2,20,21,22). The Morgan fingerprint density at radius 3 is 2.52 bits per heavy atom. The van der Waals surface area contributed by atoms with Crippen LogP contribution >= 0.6 is 0 Å². The minimum atomic E-state index is -3.33. The number of anilines is 1. The van der Waals surface area contributed by atoms with Gasteiger partial charge in [-0.15, -0.1) is 0 Å². The SMILES string of the molecule is CN=C(NCC(C)(C)NS(C)(=O)=O)NC1CCN(c2c(F)cccc2F)C1. The summed E-state index contributed by atoms with van der Waals surface area (Å²) < 4.78 is 53.3. The molecule has 0 bridgehead atoms. The summed E-state index contributed by atoms with van der Waals surface area (Å²) >= 11 is 0. The third-order valence-corrected chi connectivity index (χ3v) is 5.09. The van der Waals surface area contributed by atoms with Crippen molar-refractivity contribution in [3.63, 3.8) is 0 Å². The Balaban J connectivity index is 1.93. The van der Waals surface area contributed by atoms with Crippen molar-refractivity contribution in [2.45, 2.75) is 31.8 Å². The van der Waals surface area contributed by atoms with Gasteiger partial charge in [0.15, 0.2) is 5.96 Å². The second-order valence-electron chi connectivity index (χ2n) is 7.33. The maximum absolute atomic E-state index is 14.0. The summed E-state index contributed by atoms with van der Waals surface area (Å²) in [4.78, 5) is 5.81. The summed E-state index contributed by atoms with van der Waals surface area (Å²) in [6.07, 6.45) is 1.80. The van der Waals surface area contributed by atoms with E-state index in [1.54, 1.807) is 25.8 Å². The van der Waals surface area contributed by atoms with Gasteiger partial charge < -0.3 is 15.5 Å². The predicted molar refractivity (Wildman–Crippen MR) is 104 cm³/mol. The second-order valence-corrected chi connectivity index (χ2v) is 9.08. The summed E-state index contributed by atoms with van der Waals surface area (Å²) in [5.41, 5.74) is -0.716. The van der Waals surface area contributed by atoms with Crippen LogP contribution in [0.1, 0.15) is 20.3 Å². The van der Waals surface area contributed by atoms with E-state index in [9.17, 15) is 17.2 Å². The highest BCUT2D eigenvalue weighted by Gasteiger charge is 2.28. The monoisotopic (exact) mass is 403 g/mol. The van der Waals surface area contributed by atoms with Crippen molar-refractivity contribution in [1.29, 1.82) is 0 Å². The quantitative estimate of drug-likeness (QED) is 0.488. The predicted octanol–water partition coefficient (Wildman–Crippen LogP) is 1.04. The van der Waals surface area contributed by atoms with Crippen molar-refractivity contribution in [3.8, 4) is 0 Å². The zero-order chi connectivity index (χ0) is 20.2. The summed E-state index contributed by atoms with van der Waals surface area (Å²) in [5, 5.41) is 6.30. The van der Waals surface area contributed by atoms with Gasteiger partial charge in [0.1, 0.15) is 17.3 Å². The first-order chi connectivity index (χ1) is 12.5. The van der Waals surface area contributed by atoms with Crippen molar-refractivity contribution in [3.05, 3.63) is 29.8 Å². The highest BCUT2D eigenvalue weighted by Crippen LogP contribution is 2.26. The molecule has 1 aromatic rings. The fraction of sp³-hybridized carbons (Fsp3) is 0.588. The van der Waals surface area contributed by atoms with Crippen LogP contribution in [0.4, 0.5) is 14.5 Å². The van der Waals surface area contributed by atoms with Crippen LogP contribution in [0.3, 0.4) is 0 Å². The first-order valence-corrected chi connectivity index (χ1v) is 10.5. The van der Waals surface area contributed by atoms with Gasteiger partial charge in [-0.1, -0.05) is 6.07 Å². The molecule has 1 aliphatic rings. The number of hydrogen-bond donors (Lipinski definition) is 3. The highest BCUT2D eigenvalue weighted by molar-refractivity contribution is 7.88. The van der Waals surface area contributed by atoms with Crippen molar-refractivity contribution in [2.24, 2.45) is 4.99 Å². The maximum Gasteiger partial charge on any atom is 0.209 e. The molecule has 0 aliphatic carbocycles. The van der Waals surface area contributed by atoms with E-state index < -0.39 is 27.2 Å². The van der Waals surface area contributed by atoms with Crippen LogP contribution < -0.4 is 20.3 Å². The molecule has 0 aromatic heterocycles. The van der Waals surface area contributed by atoms with E-state index in [-0.39, 0.29) is 11.7 Å². The number of aliphatic imine (C=N–C) groups is 1. The average Bonchev–Trinajstić information content (AvgIpc) is 2.97. The first-order valence-electron chi connectivity index (χ1n) is 8.66. The van der Waals surface area contributed by atoms with Crippen LogP contribution in [-0.2, 0) is 10.0 Å². The third-order valence-electron chi connectivity index (χ3n) is 4.17. The van der Waals surface area contributed by atoms with Gasteiger partial charge in [-0.2, -0.15) is 0 Å². The molecular formula is C17H27F2N5O2S. The molecule has 152 valence electrons. The van der Waals surface area contributed by atoms with Gasteiger partial charge in [-0.05, 0) is 32.4 Å². The Bertz CT molecular complexity index is 778. The molecule has 0 spiro atoms. The first kappa shape index (κ1) is 21.4. The maximum atomic E-state index is 14.0. The molecule has 1 aromatic carbocycles. The number of para-hydroxylation sites is 1. The number of guanidine groups is 1. The molecule has 1 fully saturated rings. The summed E-state index contributed by atoms with van der Waals surface area (Å²) in [7, 11) is -1.73. The second kappa shape index (κ2) is 8.39. The molecule has 0 saturated carbocycles. The third kappa shape index (κ3) is 6.31. The van der Waals surface area contributed by atoms with Crippen LogP contribution in [-0.4, -0.2) is 58.9 Å². The number of benzene rings is 1. The minimum absolute atomic E-state index is 0.0109. The molecule has 1 heterocycles. The molecule has 2 rings (SSSR count). The lowest BCUT2D eigenvalue weighted by Crippen LogP contribution is -2.54. The lowest BCUT2D eigenvalue weighted by Gasteiger charge is -2.27. The Morgan fingerprint density at radius 1 is 1.33 bits per heavy atom. The van der Waals surface area contributed by atoms with Crippen molar-refractivity contribution in [1.82, 2.24) is 15.4 Å². The molecule has 10 heteroatoms. The van der Waals surface area contributed by atoms with Crippen LogP contribution in [0.15, 0.2) is 23.2 Å². The van der Waals surface area contributed by atoms with Gasteiger partial charge in [0.05, 0.1) is 6.26 Å². The van der Waals surface area contributed by atoms with Crippen LogP contribution in [0, 0.1) is 11.6 Å². The molecular weight excluding hydrogens is 376 g/mol. The number of sulfonamides is 1. The van der Waals surface area contributed by atoms with Gasteiger partial charge in [0.25, 0.3) is 0 Å². The van der Waals surface area contributed by atoms with E-state index in [0.29, 0.717) is 32.0 Å². The van der Waals surface area contributed by atoms with E-state index in [4.69, 9.17) is 0 Å².